The molecular formula is C16H18ClNO3S. The van der Waals surface area contributed by atoms with E-state index in [2.05, 4.69) is 11.6 Å². The molecule has 0 aliphatic heterocycles. The Morgan fingerprint density at radius 3 is 2.45 bits per heavy atom. The van der Waals surface area contributed by atoms with Crippen LogP contribution in [-0.4, -0.2) is 15.0 Å². The number of unbranched alkanes of at least 4 members (excludes halogenated alkanes) is 1. The summed E-state index contributed by atoms with van der Waals surface area (Å²) in [5.74, 6) is 0.522. The van der Waals surface area contributed by atoms with Crippen molar-refractivity contribution in [1.82, 2.24) is 0 Å². The molecule has 0 amide bonds. The van der Waals surface area contributed by atoms with Crippen LogP contribution in [-0.2, 0) is 10.0 Å². The largest absolute Gasteiger partial charge is 0.491 e. The standard InChI is InChI=1S/C16H18ClNO3S/c1-2-3-12-21-16-7-5-4-6-15(16)18-22(19,20)14-10-8-13(17)9-11-14/h4-11,18H,2-3,12H2,1H3. The molecule has 0 fully saturated rings. The molecule has 1 N–H and O–H groups in total. The fraction of sp³-hybridized carbons (Fsp3) is 0.250. The average molecular weight is 340 g/mol. The van der Waals surface area contributed by atoms with Crippen molar-refractivity contribution in [3.05, 3.63) is 53.6 Å². The minimum absolute atomic E-state index is 0.153. The van der Waals surface area contributed by atoms with Gasteiger partial charge in [0.2, 0.25) is 0 Å². The minimum Gasteiger partial charge on any atom is -0.491 e. The molecule has 0 atom stereocenters. The van der Waals surface area contributed by atoms with Gasteiger partial charge >= 0.3 is 0 Å². The molecule has 2 aromatic rings. The Bertz CT molecular complexity index is 714. The van der Waals surface area contributed by atoms with Crippen molar-refractivity contribution in [1.29, 1.82) is 0 Å². The number of nitrogens with one attached hydrogen (secondary N) is 1. The number of para-hydroxylation sites is 2. The molecule has 0 saturated carbocycles. The van der Waals surface area contributed by atoms with Crippen LogP contribution in [0.3, 0.4) is 0 Å². The molecule has 22 heavy (non-hydrogen) atoms. The second kappa shape index (κ2) is 7.51. The van der Waals surface area contributed by atoms with E-state index in [9.17, 15) is 8.42 Å². The van der Waals surface area contributed by atoms with Crippen molar-refractivity contribution in [2.75, 3.05) is 11.3 Å². The number of halogens is 1. The van der Waals surface area contributed by atoms with Gasteiger partial charge in [0.05, 0.1) is 17.2 Å². The van der Waals surface area contributed by atoms with E-state index < -0.39 is 10.0 Å². The fourth-order valence-corrected chi connectivity index (χ4v) is 3.02. The van der Waals surface area contributed by atoms with E-state index in [1.54, 1.807) is 36.4 Å². The molecule has 6 heteroatoms. The van der Waals surface area contributed by atoms with E-state index >= 15 is 0 Å². The minimum atomic E-state index is -3.67. The predicted octanol–water partition coefficient (Wildman–Crippen LogP) is 4.32. The lowest BCUT2D eigenvalue weighted by molar-refractivity contribution is 0.311. The van der Waals surface area contributed by atoms with E-state index in [1.165, 1.54) is 12.1 Å². The highest BCUT2D eigenvalue weighted by Crippen LogP contribution is 2.27. The third kappa shape index (κ3) is 4.39. The molecule has 0 aromatic heterocycles. The van der Waals surface area contributed by atoms with Crippen LogP contribution in [0.25, 0.3) is 0 Å². The van der Waals surface area contributed by atoms with Gasteiger partial charge in [0.15, 0.2) is 0 Å². The van der Waals surface area contributed by atoms with Gasteiger partial charge in [-0.25, -0.2) is 8.42 Å². The van der Waals surface area contributed by atoms with E-state index in [0.717, 1.165) is 12.8 Å². The number of hydrogen-bond donors (Lipinski definition) is 1. The second-order valence-corrected chi connectivity index (χ2v) is 6.88. The lowest BCUT2D eigenvalue weighted by atomic mass is 10.3. The monoisotopic (exact) mass is 339 g/mol. The van der Waals surface area contributed by atoms with Crippen LogP contribution in [0, 0.1) is 0 Å². The summed E-state index contributed by atoms with van der Waals surface area (Å²) in [6.07, 6.45) is 1.93. The summed E-state index contributed by atoms with van der Waals surface area (Å²) in [5, 5.41) is 0.488. The maximum atomic E-state index is 12.4. The number of anilines is 1. The van der Waals surface area contributed by atoms with Gasteiger partial charge in [-0.05, 0) is 42.8 Å². The van der Waals surface area contributed by atoms with Crippen LogP contribution in [0.5, 0.6) is 5.75 Å². The van der Waals surface area contributed by atoms with Crippen molar-refractivity contribution >= 4 is 27.3 Å². The van der Waals surface area contributed by atoms with Crippen LogP contribution in [0.4, 0.5) is 5.69 Å². The summed E-state index contributed by atoms with van der Waals surface area (Å²) in [6.45, 7) is 2.62. The maximum absolute atomic E-state index is 12.4. The molecule has 0 unspecified atom stereocenters. The van der Waals surface area contributed by atoms with E-state index in [4.69, 9.17) is 16.3 Å². The Morgan fingerprint density at radius 1 is 1.09 bits per heavy atom. The first kappa shape index (κ1) is 16.6. The highest BCUT2D eigenvalue weighted by atomic mass is 35.5. The fourth-order valence-electron chi connectivity index (χ4n) is 1.82. The first-order valence-electron chi connectivity index (χ1n) is 7.03. The van der Waals surface area contributed by atoms with Gasteiger partial charge in [-0.3, -0.25) is 4.72 Å². The molecule has 0 heterocycles. The van der Waals surface area contributed by atoms with Crippen molar-refractivity contribution < 1.29 is 13.2 Å². The van der Waals surface area contributed by atoms with Crippen LogP contribution < -0.4 is 9.46 Å². The smallest absolute Gasteiger partial charge is 0.262 e. The molecule has 0 radical (unpaired) electrons. The SMILES string of the molecule is CCCCOc1ccccc1NS(=O)(=O)c1ccc(Cl)cc1. The van der Waals surface area contributed by atoms with E-state index in [0.29, 0.717) is 23.1 Å². The third-order valence-corrected chi connectivity index (χ3v) is 4.64. The molecular weight excluding hydrogens is 322 g/mol. The zero-order valence-corrected chi connectivity index (χ0v) is 13.8. The lowest BCUT2D eigenvalue weighted by Gasteiger charge is -2.13. The highest BCUT2D eigenvalue weighted by molar-refractivity contribution is 7.92. The Kier molecular flexibility index (Phi) is 5.69. The summed E-state index contributed by atoms with van der Waals surface area (Å²) in [7, 11) is -3.67. The zero-order valence-electron chi connectivity index (χ0n) is 12.3. The molecule has 0 bridgehead atoms. The van der Waals surface area contributed by atoms with Crippen LogP contribution in [0.1, 0.15) is 19.8 Å². The Morgan fingerprint density at radius 2 is 1.77 bits per heavy atom. The molecule has 4 nitrogen and oxygen atoms in total. The van der Waals surface area contributed by atoms with Crippen molar-refractivity contribution in [3.8, 4) is 5.75 Å². The quantitative estimate of drug-likeness (QED) is 0.764. The first-order chi connectivity index (χ1) is 10.5. The summed E-state index contributed by atoms with van der Waals surface area (Å²) >= 11 is 5.78. The van der Waals surface area contributed by atoms with Crippen LogP contribution in [0.15, 0.2) is 53.4 Å². The Labute approximate surface area is 136 Å². The van der Waals surface area contributed by atoms with Crippen molar-refractivity contribution in [2.45, 2.75) is 24.7 Å². The summed E-state index contributed by atoms with van der Waals surface area (Å²) in [4.78, 5) is 0.153. The average Bonchev–Trinajstić information content (AvgIpc) is 2.49. The molecule has 2 aromatic carbocycles. The molecule has 0 spiro atoms. The normalized spacial score (nSPS) is 11.2. The van der Waals surface area contributed by atoms with Gasteiger partial charge in [-0.2, -0.15) is 0 Å². The van der Waals surface area contributed by atoms with Gasteiger partial charge in [0.25, 0.3) is 10.0 Å². The summed E-state index contributed by atoms with van der Waals surface area (Å²) in [5.41, 5.74) is 0.425. The molecule has 118 valence electrons. The Hall–Kier alpha value is -1.72. The number of rotatable bonds is 7. The topological polar surface area (TPSA) is 55.4 Å². The molecule has 0 aliphatic rings. The van der Waals surface area contributed by atoms with Gasteiger partial charge in [0.1, 0.15) is 5.75 Å². The molecule has 0 aliphatic carbocycles. The zero-order chi connectivity index (χ0) is 16.0. The van der Waals surface area contributed by atoms with Crippen LogP contribution >= 0.6 is 11.6 Å². The van der Waals surface area contributed by atoms with E-state index in [-0.39, 0.29) is 4.90 Å². The predicted molar refractivity (Wildman–Crippen MR) is 89.1 cm³/mol. The summed E-state index contributed by atoms with van der Waals surface area (Å²) in [6, 6.07) is 13.0. The number of ether oxygens (including phenoxy) is 1. The van der Waals surface area contributed by atoms with E-state index in [1.807, 2.05) is 0 Å². The van der Waals surface area contributed by atoms with Gasteiger partial charge in [-0.1, -0.05) is 37.1 Å². The van der Waals surface area contributed by atoms with Crippen LogP contribution in [0.2, 0.25) is 5.02 Å². The van der Waals surface area contributed by atoms with Crippen molar-refractivity contribution in [3.63, 3.8) is 0 Å². The maximum Gasteiger partial charge on any atom is 0.262 e. The first-order valence-corrected chi connectivity index (χ1v) is 8.89. The third-order valence-electron chi connectivity index (χ3n) is 3.01. The molecule has 2 rings (SSSR count). The van der Waals surface area contributed by atoms with Gasteiger partial charge in [0, 0.05) is 5.02 Å². The highest BCUT2D eigenvalue weighted by Gasteiger charge is 2.16. The number of sulfonamides is 1. The van der Waals surface area contributed by atoms with Gasteiger partial charge in [-0.15, -0.1) is 0 Å². The van der Waals surface area contributed by atoms with Crippen molar-refractivity contribution in [2.24, 2.45) is 0 Å². The number of hydrogen-bond acceptors (Lipinski definition) is 3. The second-order valence-electron chi connectivity index (χ2n) is 4.76. The summed E-state index contributed by atoms with van der Waals surface area (Å²) < 4.78 is 33.0. The number of benzene rings is 2. The molecule has 0 saturated heterocycles. The Balaban J connectivity index is 2.20. The van der Waals surface area contributed by atoms with Gasteiger partial charge < -0.3 is 4.74 Å². The lowest BCUT2D eigenvalue weighted by Crippen LogP contribution is -2.14.